The Morgan fingerprint density at radius 3 is 2.74 bits per heavy atom. The molecule has 0 aliphatic heterocycles. The first-order valence-corrected chi connectivity index (χ1v) is 8.28. The van der Waals surface area contributed by atoms with Crippen LogP contribution in [0, 0.1) is 6.92 Å². The molecule has 2 aromatic carbocycles. The molecule has 0 saturated carbocycles. The lowest BCUT2D eigenvalue weighted by atomic mass is 10.2. The number of hydrazine groups is 1. The monoisotopic (exact) mass is 341 g/mol. The Balaban J connectivity index is 1.91. The van der Waals surface area contributed by atoms with E-state index in [-0.39, 0.29) is 11.0 Å². The third-order valence-electron chi connectivity index (χ3n) is 3.42. The van der Waals surface area contributed by atoms with E-state index in [2.05, 4.69) is 5.43 Å². The van der Waals surface area contributed by atoms with Gasteiger partial charge in [-0.15, -0.1) is 11.3 Å². The van der Waals surface area contributed by atoms with E-state index in [4.69, 9.17) is 18.0 Å². The smallest absolute Gasteiger partial charge is 0.271 e. The van der Waals surface area contributed by atoms with Crippen molar-refractivity contribution in [2.24, 2.45) is 5.73 Å². The molecule has 0 saturated heterocycles. The van der Waals surface area contributed by atoms with Crippen LogP contribution in [-0.4, -0.2) is 11.0 Å². The first-order valence-electron chi connectivity index (χ1n) is 6.99. The minimum Gasteiger partial charge on any atom is -0.374 e. The number of rotatable bonds is 2. The Hall–Kier alpha value is -2.44. The van der Waals surface area contributed by atoms with Gasteiger partial charge >= 0.3 is 0 Å². The molecule has 0 spiro atoms. The van der Waals surface area contributed by atoms with E-state index in [0.717, 1.165) is 21.3 Å². The minimum atomic E-state index is -0.239. The second-order valence-electron chi connectivity index (χ2n) is 5.10. The third kappa shape index (κ3) is 3.18. The second kappa shape index (κ2) is 6.36. The van der Waals surface area contributed by atoms with Crippen LogP contribution in [0.1, 0.15) is 15.9 Å². The molecule has 3 rings (SSSR count). The molecule has 0 aliphatic carbocycles. The summed E-state index contributed by atoms with van der Waals surface area (Å²) in [5.74, 6) is -0.239. The zero-order valence-corrected chi connectivity index (χ0v) is 14.1. The van der Waals surface area contributed by atoms with Crippen LogP contribution in [0.15, 0.2) is 53.9 Å². The molecule has 0 unspecified atom stereocenters. The van der Waals surface area contributed by atoms with Gasteiger partial charge in [0.15, 0.2) is 5.11 Å². The second-order valence-corrected chi connectivity index (χ2v) is 6.43. The molecule has 1 heterocycles. The molecule has 1 aromatic heterocycles. The quantitative estimate of drug-likeness (QED) is 0.552. The minimum absolute atomic E-state index is 0.0866. The van der Waals surface area contributed by atoms with Gasteiger partial charge in [0.1, 0.15) is 0 Å². The van der Waals surface area contributed by atoms with Crippen LogP contribution in [0.3, 0.4) is 0 Å². The van der Waals surface area contributed by atoms with Crippen molar-refractivity contribution in [3.05, 3.63) is 65.0 Å². The first kappa shape index (κ1) is 15.5. The van der Waals surface area contributed by atoms with Gasteiger partial charge in [-0.3, -0.25) is 10.2 Å². The number of hydrogen-bond acceptors (Lipinski definition) is 3. The van der Waals surface area contributed by atoms with Crippen molar-refractivity contribution in [1.29, 1.82) is 0 Å². The molecule has 6 heteroatoms. The molecule has 0 bridgehead atoms. The van der Waals surface area contributed by atoms with Crippen molar-refractivity contribution in [3.8, 4) is 0 Å². The Labute approximate surface area is 143 Å². The number of thiocarbonyl (C=S) groups is 1. The number of amides is 1. The van der Waals surface area contributed by atoms with Crippen LogP contribution >= 0.6 is 23.6 Å². The van der Waals surface area contributed by atoms with Crippen LogP contribution in [-0.2, 0) is 0 Å². The lowest BCUT2D eigenvalue weighted by Crippen LogP contribution is -2.49. The topological polar surface area (TPSA) is 58.4 Å². The first-order chi connectivity index (χ1) is 11.1. The highest BCUT2D eigenvalue weighted by Crippen LogP contribution is 2.25. The average Bonchev–Trinajstić information content (AvgIpc) is 2.96. The maximum absolute atomic E-state index is 12.6. The normalized spacial score (nSPS) is 10.5. The van der Waals surface area contributed by atoms with Crippen molar-refractivity contribution < 1.29 is 4.79 Å². The molecule has 23 heavy (non-hydrogen) atoms. The van der Waals surface area contributed by atoms with Gasteiger partial charge in [0.2, 0.25) is 0 Å². The van der Waals surface area contributed by atoms with Gasteiger partial charge in [0, 0.05) is 15.5 Å². The molecule has 0 atom stereocenters. The number of fused-ring (bicyclic) bond motifs is 1. The molecule has 3 aromatic rings. The molecular formula is C17H15N3OS2. The molecule has 0 aliphatic rings. The van der Waals surface area contributed by atoms with Crippen LogP contribution in [0.5, 0.6) is 0 Å². The Morgan fingerprint density at radius 2 is 2.00 bits per heavy atom. The van der Waals surface area contributed by atoms with Crippen molar-refractivity contribution >= 4 is 50.3 Å². The molecule has 0 fully saturated rings. The number of benzene rings is 2. The van der Waals surface area contributed by atoms with Crippen LogP contribution in [0.25, 0.3) is 10.1 Å². The van der Waals surface area contributed by atoms with E-state index in [0.29, 0.717) is 5.56 Å². The number of hydrogen-bond donors (Lipinski definition) is 2. The van der Waals surface area contributed by atoms with Crippen molar-refractivity contribution in [1.82, 2.24) is 5.43 Å². The third-order valence-corrected chi connectivity index (χ3v) is 4.57. The number of nitrogens with one attached hydrogen (secondary N) is 1. The van der Waals surface area contributed by atoms with Crippen LogP contribution < -0.4 is 16.2 Å². The predicted molar refractivity (Wildman–Crippen MR) is 99.7 cm³/mol. The number of nitrogens with two attached hydrogens (primary N) is 1. The molecular weight excluding hydrogens is 326 g/mol. The molecule has 4 nitrogen and oxygen atoms in total. The number of aryl methyl sites for hydroxylation is 1. The summed E-state index contributed by atoms with van der Waals surface area (Å²) in [7, 11) is 0. The van der Waals surface area contributed by atoms with E-state index in [9.17, 15) is 4.79 Å². The van der Waals surface area contributed by atoms with E-state index in [1.54, 1.807) is 0 Å². The predicted octanol–water partition coefficient (Wildman–Crippen LogP) is 3.60. The highest BCUT2D eigenvalue weighted by atomic mass is 32.1. The summed E-state index contributed by atoms with van der Waals surface area (Å²) in [6.07, 6.45) is 0. The van der Waals surface area contributed by atoms with Gasteiger partial charge in [0.25, 0.3) is 5.91 Å². The van der Waals surface area contributed by atoms with Gasteiger partial charge in [-0.05, 0) is 42.9 Å². The summed E-state index contributed by atoms with van der Waals surface area (Å²) in [4.78, 5) is 12.6. The highest BCUT2D eigenvalue weighted by Gasteiger charge is 2.17. The number of carbonyl (C=O) groups is 1. The van der Waals surface area contributed by atoms with Crippen molar-refractivity contribution in [3.63, 3.8) is 0 Å². The Kier molecular flexibility index (Phi) is 4.27. The molecule has 116 valence electrons. The largest absolute Gasteiger partial charge is 0.374 e. The Bertz CT molecular complexity index is 888. The van der Waals surface area contributed by atoms with E-state index < -0.39 is 0 Å². The summed E-state index contributed by atoms with van der Waals surface area (Å²) in [6.45, 7) is 1.97. The molecule has 0 radical (unpaired) electrons. The molecule has 1 amide bonds. The fourth-order valence-electron chi connectivity index (χ4n) is 2.33. The maximum Gasteiger partial charge on any atom is 0.271 e. The van der Waals surface area contributed by atoms with Crippen molar-refractivity contribution in [2.45, 2.75) is 6.92 Å². The maximum atomic E-state index is 12.6. The summed E-state index contributed by atoms with van der Waals surface area (Å²) < 4.78 is 1.06. The van der Waals surface area contributed by atoms with E-state index in [1.165, 1.54) is 16.3 Å². The van der Waals surface area contributed by atoms with Gasteiger partial charge in [0.05, 0.1) is 11.3 Å². The standard InChI is InChI=1S/C17H15N3OS2/c1-11-5-4-6-12(9-11)20(17(18)22)19-16(21)14-10-23-15-8-3-2-7-13(14)15/h2-10H,1H3,(H2,18,22)(H,19,21). The fourth-order valence-corrected chi connectivity index (χ4v) is 3.42. The lowest BCUT2D eigenvalue weighted by molar-refractivity contribution is 0.0957. The SMILES string of the molecule is Cc1cccc(N(NC(=O)c2csc3ccccc23)C(N)=S)c1. The average molecular weight is 341 g/mol. The number of nitrogens with zero attached hydrogens (tertiary/aromatic N) is 1. The van der Waals surface area contributed by atoms with E-state index in [1.807, 2.05) is 60.8 Å². The summed E-state index contributed by atoms with van der Waals surface area (Å²) >= 11 is 6.61. The zero-order valence-electron chi connectivity index (χ0n) is 12.4. The van der Waals surface area contributed by atoms with Crippen LogP contribution in [0.4, 0.5) is 5.69 Å². The van der Waals surface area contributed by atoms with Gasteiger partial charge < -0.3 is 5.73 Å². The number of anilines is 1. The summed E-state index contributed by atoms with van der Waals surface area (Å²) in [5.41, 5.74) is 11.0. The lowest BCUT2D eigenvalue weighted by Gasteiger charge is -2.23. The number of carbonyl (C=O) groups excluding carboxylic acids is 1. The Morgan fingerprint density at radius 1 is 1.22 bits per heavy atom. The van der Waals surface area contributed by atoms with Crippen LogP contribution in [0.2, 0.25) is 0 Å². The zero-order chi connectivity index (χ0) is 16.4. The van der Waals surface area contributed by atoms with E-state index >= 15 is 0 Å². The summed E-state index contributed by atoms with van der Waals surface area (Å²) in [6, 6.07) is 15.4. The van der Waals surface area contributed by atoms with Gasteiger partial charge in [-0.25, -0.2) is 5.01 Å². The molecule has 3 N–H and O–H groups in total. The fraction of sp³-hybridized carbons (Fsp3) is 0.0588. The number of thiophene rings is 1. The summed E-state index contributed by atoms with van der Waals surface area (Å²) in [5, 5.41) is 4.27. The van der Waals surface area contributed by atoms with Crippen molar-refractivity contribution in [2.75, 3.05) is 5.01 Å². The van der Waals surface area contributed by atoms with Gasteiger partial charge in [-0.1, -0.05) is 30.3 Å². The highest BCUT2D eigenvalue weighted by molar-refractivity contribution is 7.80. The van der Waals surface area contributed by atoms with Gasteiger partial charge in [-0.2, -0.15) is 0 Å².